The number of aryl methyl sites for hydroxylation is 2. The van der Waals surface area contributed by atoms with Crippen molar-refractivity contribution < 1.29 is 9.59 Å². The summed E-state index contributed by atoms with van der Waals surface area (Å²) in [6, 6.07) is 5.40. The SMILES string of the molecule is Cn1cc(C(=O)Nc2ccc3c(c2)CCC(=O)N3)nn1. The number of carbonyl (C=O) groups is 2. The van der Waals surface area contributed by atoms with Crippen molar-refractivity contribution in [3.05, 3.63) is 35.7 Å². The Hall–Kier alpha value is -2.70. The van der Waals surface area contributed by atoms with Crippen molar-refractivity contribution in [3.8, 4) is 0 Å². The fourth-order valence-electron chi connectivity index (χ4n) is 2.11. The van der Waals surface area contributed by atoms with Gasteiger partial charge in [0.15, 0.2) is 5.69 Å². The molecule has 7 nitrogen and oxygen atoms in total. The molecule has 0 aliphatic carbocycles. The molecule has 1 aromatic carbocycles. The van der Waals surface area contributed by atoms with Gasteiger partial charge in [-0.1, -0.05) is 5.21 Å². The van der Waals surface area contributed by atoms with Gasteiger partial charge in [0, 0.05) is 24.8 Å². The topological polar surface area (TPSA) is 88.9 Å². The van der Waals surface area contributed by atoms with E-state index in [4.69, 9.17) is 0 Å². The van der Waals surface area contributed by atoms with Crippen molar-refractivity contribution in [2.24, 2.45) is 7.05 Å². The first kappa shape index (κ1) is 12.3. The number of aromatic nitrogens is 3. The molecule has 2 heterocycles. The number of nitrogens with one attached hydrogen (secondary N) is 2. The van der Waals surface area contributed by atoms with E-state index in [-0.39, 0.29) is 17.5 Å². The second-order valence-corrected chi connectivity index (χ2v) is 4.65. The maximum atomic E-state index is 12.0. The third-order valence-electron chi connectivity index (χ3n) is 3.09. The second kappa shape index (κ2) is 4.76. The molecule has 0 saturated carbocycles. The van der Waals surface area contributed by atoms with Crippen molar-refractivity contribution in [2.75, 3.05) is 10.6 Å². The highest BCUT2D eigenvalue weighted by Crippen LogP contribution is 2.25. The average Bonchev–Trinajstić information content (AvgIpc) is 2.86. The van der Waals surface area contributed by atoms with E-state index in [9.17, 15) is 9.59 Å². The first-order valence-electron chi connectivity index (χ1n) is 6.22. The second-order valence-electron chi connectivity index (χ2n) is 4.65. The number of fused-ring (bicyclic) bond motifs is 1. The normalized spacial score (nSPS) is 13.6. The van der Waals surface area contributed by atoms with Gasteiger partial charge in [-0.15, -0.1) is 5.10 Å². The minimum Gasteiger partial charge on any atom is -0.326 e. The zero-order valence-electron chi connectivity index (χ0n) is 10.9. The van der Waals surface area contributed by atoms with Crippen LogP contribution in [0, 0.1) is 0 Å². The van der Waals surface area contributed by atoms with Crippen molar-refractivity contribution >= 4 is 23.2 Å². The molecule has 1 aromatic heterocycles. The smallest absolute Gasteiger partial charge is 0.277 e. The zero-order chi connectivity index (χ0) is 14.1. The van der Waals surface area contributed by atoms with Gasteiger partial charge in [-0.2, -0.15) is 0 Å². The predicted octanol–water partition coefficient (Wildman–Crippen LogP) is 0.952. The highest BCUT2D eigenvalue weighted by molar-refractivity contribution is 6.03. The van der Waals surface area contributed by atoms with Crippen molar-refractivity contribution in [2.45, 2.75) is 12.8 Å². The van der Waals surface area contributed by atoms with Crippen LogP contribution in [-0.4, -0.2) is 26.8 Å². The summed E-state index contributed by atoms with van der Waals surface area (Å²) in [6.07, 6.45) is 2.69. The van der Waals surface area contributed by atoms with E-state index in [2.05, 4.69) is 20.9 Å². The molecular weight excluding hydrogens is 258 g/mol. The minimum absolute atomic E-state index is 0.0221. The van der Waals surface area contributed by atoms with Crippen LogP contribution in [0.3, 0.4) is 0 Å². The molecule has 0 fully saturated rings. The third kappa shape index (κ3) is 2.37. The van der Waals surface area contributed by atoms with E-state index < -0.39 is 0 Å². The van der Waals surface area contributed by atoms with Gasteiger partial charge in [0.1, 0.15) is 0 Å². The predicted molar refractivity (Wildman–Crippen MR) is 72.3 cm³/mol. The van der Waals surface area contributed by atoms with Crippen LogP contribution in [0.1, 0.15) is 22.5 Å². The molecule has 0 bridgehead atoms. The van der Waals surface area contributed by atoms with Crippen LogP contribution in [0.5, 0.6) is 0 Å². The molecule has 2 amide bonds. The van der Waals surface area contributed by atoms with Crippen LogP contribution in [0.25, 0.3) is 0 Å². The maximum absolute atomic E-state index is 12.0. The highest BCUT2D eigenvalue weighted by atomic mass is 16.2. The van der Waals surface area contributed by atoms with E-state index >= 15 is 0 Å². The molecule has 0 unspecified atom stereocenters. The van der Waals surface area contributed by atoms with Gasteiger partial charge in [-0.25, -0.2) is 0 Å². The van der Waals surface area contributed by atoms with Crippen LogP contribution < -0.4 is 10.6 Å². The zero-order valence-corrected chi connectivity index (χ0v) is 10.9. The van der Waals surface area contributed by atoms with E-state index in [1.165, 1.54) is 4.68 Å². The maximum Gasteiger partial charge on any atom is 0.277 e. The number of rotatable bonds is 2. The Morgan fingerprint density at radius 1 is 1.40 bits per heavy atom. The number of anilines is 2. The molecule has 1 aliphatic heterocycles. The van der Waals surface area contributed by atoms with E-state index in [1.807, 2.05) is 6.07 Å². The van der Waals surface area contributed by atoms with Gasteiger partial charge in [0.05, 0.1) is 6.20 Å². The summed E-state index contributed by atoms with van der Waals surface area (Å²) in [5.41, 5.74) is 2.76. The fraction of sp³-hybridized carbons (Fsp3) is 0.231. The van der Waals surface area contributed by atoms with Crippen LogP contribution in [0.2, 0.25) is 0 Å². The average molecular weight is 271 g/mol. The van der Waals surface area contributed by atoms with E-state index in [0.717, 1.165) is 11.3 Å². The molecule has 2 aromatic rings. The summed E-state index contributed by atoms with van der Waals surface area (Å²) in [6.45, 7) is 0. The minimum atomic E-state index is -0.308. The number of nitrogens with zero attached hydrogens (tertiary/aromatic N) is 3. The van der Waals surface area contributed by atoms with Crippen LogP contribution in [0.15, 0.2) is 24.4 Å². The summed E-state index contributed by atoms with van der Waals surface area (Å²) < 4.78 is 1.47. The number of hydrogen-bond acceptors (Lipinski definition) is 4. The van der Waals surface area contributed by atoms with Gasteiger partial charge in [0.25, 0.3) is 5.91 Å². The standard InChI is InChI=1S/C13H13N5O2/c1-18-7-11(16-17-18)13(20)14-9-3-4-10-8(6-9)2-5-12(19)15-10/h3-4,6-7H,2,5H2,1H3,(H,14,20)(H,15,19). The van der Waals surface area contributed by atoms with Gasteiger partial charge in [-0.05, 0) is 30.2 Å². The largest absolute Gasteiger partial charge is 0.326 e. The molecule has 2 N–H and O–H groups in total. The molecule has 0 spiro atoms. The Kier molecular flexibility index (Phi) is 2.94. The number of benzene rings is 1. The molecule has 0 radical (unpaired) electrons. The quantitative estimate of drug-likeness (QED) is 0.851. The number of carbonyl (C=O) groups excluding carboxylic acids is 2. The number of amides is 2. The van der Waals surface area contributed by atoms with Crippen LogP contribution in [-0.2, 0) is 18.3 Å². The molecule has 20 heavy (non-hydrogen) atoms. The summed E-state index contributed by atoms with van der Waals surface area (Å²) in [7, 11) is 1.70. The molecule has 1 aliphatic rings. The fourth-order valence-corrected chi connectivity index (χ4v) is 2.11. The van der Waals surface area contributed by atoms with Gasteiger partial charge < -0.3 is 10.6 Å². The molecule has 3 rings (SSSR count). The lowest BCUT2D eigenvalue weighted by molar-refractivity contribution is -0.116. The van der Waals surface area contributed by atoms with Crippen molar-refractivity contribution in [1.82, 2.24) is 15.0 Å². The first-order valence-corrected chi connectivity index (χ1v) is 6.22. The van der Waals surface area contributed by atoms with E-state index in [1.54, 1.807) is 25.4 Å². The Balaban J connectivity index is 1.78. The lowest BCUT2D eigenvalue weighted by Crippen LogP contribution is -2.19. The lowest BCUT2D eigenvalue weighted by Gasteiger charge is -2.17. The van der Waals surface area contributed by atoms with E-state index in [0.29, 0.717) is 18.5 Å². The molecule has 102 valence electrons. The Labute approximate surface area is 115 Å². The van der Waals surface area contributed by atoms with Crippen LogP contribution >= 0.6 is 0 Å². The Morgan fingerprint density at radius 2 is 2.25 bits per heavy atom. The summed E-state index contributed by atoms with van der Waals surface area (Å²) >= 11 is 0. The molecule has 7 heteroatoms. The Bertz CT molecular complexity index is 692. The summed E-state index contributed by atoms with van der Waals surface area (Å²) in [5, 5.41) is 13.0. The third-order valence-corrected chi connectivity index (χ3v) is 3.09. The first-order chi connectivity index (χ1) is 9.61. The van der Waals surface area contributed by atoms with Gasteiger partial charge in [0.2, 0.25) is 5.91 Å². The lowest BCUT2D eigenvalue weighted by atomic mass is 10.0. The Morgan fingerprint density at radius 3 is 3.00 bits per heavy atom. The molecule has 0 atom stereocenters. The van der Waals surface area contributed by atoms with Gasteiger partial charge in [-0.3, -0.25) is 14.3 Å². The molecule has 0 saturated heterocycles. The summed E-state index contributed by atoms with van der Waals surface area (Å²) in [5.74, 6) is -0.285. The van der Waals surface area contributed by atoms with Gasteiger partial charge >= 0.3 is 0 Å². The van der Waals surface area contributed by atoms with Crippen LogP contribution in [0.4, 0.5) is 11.4 Å². The number of hydrogen-bond donors (Lipinski definition) is 2. The van der Waals surface area contributed by atoms with Crippen molar-refractivity contribution in [3.63, 3.8) is 0 Å². The molecular formula is C13H13N5O2. The highest BCUT2D eigenvalue weighted by Gasteiger charge is 2.16. The van der Waals surface area contributed by atoms with Crippen molar-refractivity contribution in [1.29, 1.82) is 0 Å². The monoisotopic (exact) mass is 271 g/mol. The summed E-state index contributed by atoms with van der Waals surface area (Å²) in [4.78, 5) is 23.2.